The number of hydrogen-bond donors (Lipinski definition) is 1. The van der Waals surface area contributed by atoms with E-state index in [0.29, 0.717) is 11.6 Å². The van der Waals surface area contributed by atoms with Crippen LogP contribution in [0.1, 0.15) is 17.2 Å². The molecule has 1 atom stereocenters. The van der Waals surface area contributed by atoms with Crippen molar-refractivity contribution in [3.8, 4) is 0 Å². The number of anilines is 1. The number of amides is 1. The number of nitrogens with one attached hydrogen (secondary N) is 1. The Morgan fingerprint density at radius 1 is 1.15 bits per heavy atom. The number of halogens is 4. The molecule has 1 amide bonds. The third-order valence-corrected chi connectivity index (χ3v) is 3.73. The third kappa shape index (κ3) is 5.70. The molecule has 0 aliphatic carbocycles. The van der Waals surface area contributed by atoms with Gasteiger partial charge in [0, 0.05) is 12.7 Å². The van der Waals surface area contributed by atoms with Gasteiger partial charge in [-0.2, -0.15) is 13.2 Å². The quantitative estimate of drug-likeness (QED) is 0.736. The van der Waals surface area contributed by atoms with Gasteiger partial charge >= 0.3 is 12.1 Å². The number of benzene rings is 2. The predicted molar refractivity (Wildman–Crippen MR) is 92.2 cm³/mol. The molecule has 0 bridgehead atoms. The van der Waals surface area contributed by atoms with Crippen LogP contribution in [0, 0.1) is 0 Å². The van der Waals surface area contributed by atoms with Gasteiger partial charge in [0.2, 0.25) is 6.10 Å². The maximum absolute atomic E-state index is 12.9. The van der Waals surface area contributed by atoms with E-state index >= 15 is 0 Å². The normalized spacial score (nSPS) is 12.3. The van der Waals surface area contributed by atoms with E-state index in [2.05, 4.69) is 10.1 Å². The second-order valence-corrected chi connectivity index (χ2v) is 5.80. The van der Waals surface area contributed by atoms with Gasteiger partial charge < -0.3 is 14.8 Å². The zero-order valence-electron chi connectivity index (χ0n) is 14.0. The van der Waals surface area contributed by atoms with Gasteiger partial charge in [0.05, 0.1) is 16.3 Å². The van der Waals surface area contributed by atoms with Gasteiger partial charge in [-0.1, -0.05) is 41.9 Å². The Morgan fingerprint density at radius 3 is 2.41 bits per heavy atom. The Labute approximate surface area is 158 Å². The number of hydrogen-bond acceptors (Lipinski definition) is 4. The Kier molecular flexibility index (Phi) is 6.81. The molecule has 2 aromatic carbocycles. The van der Waals surface area contributed by atoms with Crippen LogP contribution in [0.25, 0.3) is 0 Å². The molecule has 0 unspecified atom stereocenters. The minimum Gasteiger partial charge on any atom is -0.446 e. The highest BCUT2D eigenvalue weighted by molar-refractivity contribution is 6.33. The van der Waals surface area contributed by atoms with Gasteiger partial charge in [-0.3, -0.25) is 4.79 Å². The summed E-state index contributed by atoms with van der Waals surface area (Å²) in [5.41, 5.74) is -0.891. The minimum absolute atomic E-state index is 0.0913. The summed E-state index contributed by atoms with van der Waals surface area (Å²) in [5.74, 6) is -1.66. The van der Waals surface area contributed by atoms with Crippen molar-refractivity contribution >= 4 is 29.2 Å². The first-order valence-electron chi connectivity index (χ1n) is 7.63. The van der Waals surface area contributed by atoms with Crippen LogP contribution in [0.15, 0.2) is 48.5 Å². The van der Waals surface area contributed by atoms with Crippen molar-refractivity contribution < 1.29 is 32.2 Å². The summed E-state index contributed by atoms with van der Waals surface area (Å²) in [6.45, 7) is -0.388. The third-order valence-electron chi connectivity index (χ3n) is 3.40. The van der Waals surface area contributed by atoms with E-state index in [4.69, 9.17) is 16.3 Å². The van der Waals surface area contributed by atoms with Crippen molar-refractivity contribution in [3.05, 3.63) is 64.7 Å². The summed E-state index contributed by atoms with van der Waals surface area (Å²) in [4.78, 5) is 24.3. The minimum atomic E-state index is -4.60. The second kappa shape index (κ2) is 8.88. The number of esters is 1. The molecule has 0 spiro atoms. The summed E-state index contributed by atoms with van der Waals surface area (Å²) in [5, 5.41) is 2.19. The van der Waals surface area contributed by atoms with E-state index in [1.807, 2.05) is 0 Å². The van der Waals surface area contributed by atoms with E-state index < -0.39 is 29.7 Å². The summed E-state index contributed by atoms with van der Waals surface area (Å²) in [7, 11) is 1.28. The Balaban J connectivity index is 2.29. The molecule has 0 saturated carbocycles. The van der Waals surface area contributed by atoms with Crippen LogP contribution in [0.5, 0.6) is 0 Å². The first kappa shape index (κ1) is 20.7. The maximum atomic E-state index is 12.9. The number of rotatable bonds is 6. The Bertz CT molecular complexity index is 812. The highest BCUT2D eigenvalue weighted by Crippen LogP contribution is 2.34. The van der Waals surface area contributed by atoms with Crippen molar-refractivity contribution in [2.24, 2.45) is 0 Å². The molecule has 0 saturated heterocycles. The van der Waals surface area contributed by atoms with Gasteiger partial charge in [0.1, 0.15) is 6.61 Å². The summed E-state index contributed by atoms with van der Waals surface area (Å²) < 4.78 is 48.4. The SMILES string of the molecule is COCC(=O)O[C@H](C(=O)Nc1cc(C(F)(F)F)ccc1Cl)c1ccccc1. The average molecular weight is 402 g/mol. The molecule has 144 valence electrons. The maximum Gasteiger partial charge on any atom is 0.416 e. The lowest BCUT2D eigenvalue weighted by Gasteiger charge is -2.19. The molecule has 9 heteroatoms. The lowest BCUT2D eigenvalue weighted by Crippen LogP contribution is -2.27. The van der Waals surface area contributed by atoms with E-state index in [9.17, 15) is 22.8 Å². The van der Waals surface area contributed by atoms with Crippen molar-refractivity contribution in [1.82, 2.24) is 0 Å². The molecule has 0 radical (unpaired) electrons. The highest BCUT2D eigenvalue weighted by atomic mass is 35.5. The zero-order valence-corrected chi connectivity index (χ0v) is 14.8. The molecular weight excluding hydrogens is 387 g/mol. The molecule has 5 nitrogen and oxygen atoms in total. The van der Waals surface area contributed by atoms with E-state index in [1.54, 1.807) is 18.2 Å². The summed E-state index contributed by atoms with van der Waals surface area (Å²) >= 11 is 5.89. The Morgan fingerprint density at radius 2 is 1.81 bits per heavy atom. The first-order chi connectivity index (χ1) is 12.7. The van der Waals surface area contributed by atoms with Crippen molar-refractivity contribution in [2.75, 3.05) is 19.0 Å². The van der Waals surface area contributed by atoms with Crippen LogP contribution in [0.3, 0.4) is 0 Å². The van der Waals surface area contributed by atoms with Crippen LogP contribution in [-0.2, 0) is 25.2 Å². The van der Waals surface area contributed by atoms with Crippen LogP contribution in [0.4, 0.5) is 18.9 Å². The molecule has 2 aromatic rings. The molecule has 0 heterocycles. The average Bonchev–Trinajstić information content (AvgIpc) is 2.61. The Hall–Kier alpha value is -2.58. The summed E-state index contributed by atoms with van der Waals surface area (Å²) in [6.07, 6.45) is -5.99. The lowest BCUT2D eigenvalue weighted by atomic mass is 10.1. The highest BCUT2D eigenvalue weighted by Gasteiger charge is 2.32. The molecule has 1 N–H and O–H groups in total. The van der Waals surface area contributed by atoms with E-state index in [-0.39, 0.29) is 17.3 Å². The number of alkyl halides is 3. The standard InChI is InChI=1S/C18H15ClF3NO4/c1-26-10-15(24)27-16(11-5-3-2-4-6-11)17(25)23-14-9-12(18(20,21)22)7-8-13(14)19/h2-9,16H,10H2,1H3,(H,23,25)/t16-/m0/s1. The van der Waals surface area contributed by atoms with Crippen molar-refractivity contribution in [3.63, 3.8) is 0 Å². The monoisotopic (exact) mass is 401 g/mol. The molecule has 0 fully saturated rings. The fraction of sp³-hybridized carbons (Fsp3) is 0.222. The molecular formula is C18H15ClF3NO4. The zero-order chi connectivity index (χ0) is 20.0. The smallest absolute Gasteiger partial charge is 0.416 e. The number of ether oxygens (including phenoxy) is 2. The van der Waals surface area contributed by atoms with Crippen LogP contribution < -0.4 is 5.32 Å². The van der Waals surface area contributed by atoms with Crippen LogP contribution in [0.2, 0.25) is 5.02 Å². The second-order valence-electron chi connectivity index (χ2n) is 5.40. The number of methoxy groups -OCH3 is 1. The van der Waals surface area contributed by atoms with E-state index in [0.717, 1.165) is 12.1 Å². The van der Waals surface area contributed by atoms with Gasteiger partial charge in [0.25, 0.3) is 5.91 Å². The summed E-state index contributed by atoms with van der Waals surface area (Å²) in [6, 6.07) is 10.5. The lowest BCUT2D eigenvalue weighted by molar-refractivity contribution is -0.158. The molecule has 27 heavy (non-hydrogen) atoms. The topological polar surface area (TPSA) is 64.6 Å². The molecule has 0 aromatic heterocycles. The van der Waals surface area contributed by atoms with Crippen molar-refractivity contribution in [2.45, 2.75) is 12.3 Å². The first-order valence-corrected chi connectivity index (χ1v) is 8.01. The fourth-order valence-corrected chi connectivity index (χ4v) is 2.34. The van der Waals surface area contributed by atoms with Gasteiger partial charge in [-0.25, -0.2) is 4.79 Å². The number of carbonyl (C=O) groups excluding carboxylic acids is 2. The van der Waals surface area contributed by atoms with Gasteiger partial charge in [-0.15, -0.1) is 0 Å². The predicted octanol–water partition coefficient (Wildman–Crippen LogP) is 4.23. The van der Waals surface area contributed by atoms with Gasteiger partial charge in [-0.05, 0) is 18.2 Å². The molecule has 0 aliphatic heterocycles. The fourth-order valence-electron chi connectivity index (χ4n) is 2.18. The van der Waals surface area contributed by atoms with Crippen molar-refractivity contribution in [1.29, 1.82) is 0 Å². The number of carbonyl (C=O) groups is 2. The largest absolute Gasteiger partial charge is 0.446 e. The molecule has 0 aliphatic rings. The molecule has 2 rings (SSSR count). The van der Waals surface area contributed by atoms with Gasteiger partial charge in [0.15, 0.2) is 0 Å². The van der Waals surface area contributed by atoms with Crippen LogP contribution >= 0.6 is 11.6 Å². The van der Waals surface area contributed by atoms with Crippen LogP contribution in [-0.4, -0.2) is 25.6 Å². The van der Waals surface area contributed by atoms with E-state index in [1.165, 1.54) is 19.2 Å².